The van der Waals surface area contributed by atoms with Crippen LogP contribution in [0.25, 0.3) is 11.1 Å². The van der Waals surface area contributed by atoms with E-state index in [9.17, 15) is 4.39 Å². The third kappa shape index (κ3) is 2.17. The van der Waals surface area contributed by atoms with E-state index in [1.165, 1.54) is 6.07 Å². The van der Waals surface area contributed by atoms with Gasteiger partial charge in [0.15, 0.2) is 0 Å². The van der Waals surface area contributed by atoms with Crippen LogP contribution >= 0.6 is 11.6 Å². The van der Waals surface area contributed by atoms with Gasteiger partial charge in [0.2, 0.25) is 0 Å². The molecular weight excluding hydrogens is 225 g/mol. The van der Waals surface area contributed by atoms with Crippen LogP contribution in [0.5, 0.6) is 0 Å². The minimum Gasteiger partial charge on any atom is -0.388 e. The minimum atomic E-state index is -0.301. The summed E-state index contributed by atoms with van der Waals surface area (Å²) in [6.07, 6.45) is 0. The summed E-state index contributed by atoms with van der Waals surface area (Å²) in [7, 11) is 1.85. The van der Waals surface area contributed by atoms with E-state index in [4.69, 9.17) is 11.6 Å². The average Bonchev–Trinajstić information content (AvgIpc) is 2.29. The van der Waals surface area contributed by atoms with E-state index < -0.39 is 0 Å². The Hall–Kier alpha value is -1.54. The van der Waals surface area contributed by atoms with Gasteiger partial charge in [0.25, 0.3) is 0 Å². The molecule has 0 bridgehead atoms. The lowest BCUT2D eigenvalue weighted by atomic mass is 10.0. The molecular formula is C13H11ClFN. The molecule has 16 heavy (non-hydrogen) atoms. The van der Waals surface area contributed by atoms with Gasteiger partial charge in [0.1, 0.15) is 5.82 Å². The highest BCUT2D eigenvalue weighted by Crippen LogP contribution is 2.26. The number of anilines is 1. The van der Waals surface area contributed by atoms with Crippen molar-refractivity contribution < 1.29 is 4.39 Å². The molecule has 0 unspecified atom stereocenters. The minimum absolute atomic E-state index is 0.301. The van der Waals surface area contributed by atoms with Gasteiger partial charge in [-0.05, 0) is 35.9 Å². The highest BCUT2D eigenvalue weighted by Gasteiger charge is 2.05. The van der Waals surface area contributed by atoms with E-state index in [1.807, 2.05) is 31.3 Å². The normalized spacial score (nSPS) is 10.2. The van der Waals surface area contributed by atoms with Crippen LogP contribution in [-0.2, 0) is 0 Å². The van der Waals surface area contributed by atoms with Crippen LogP contribution in [0.3, 0.4) is 0 Å². The molecule has 0 spiro atoms. The van der Waals surface area contributed by atoms with Gasteiger partial charge in [-0.2, -0.15) is 0 Å². The number of halogens is 2. The second kappa shape index (κ2) is 4.54. The molecule has 0 atom stereocenters. The van der Waals surface area contributed by atoms with Crippen LogP contribution in [0, 0.1) is 5.82 Å². The molecule has 0 aromatic heterocycles. The summed E-state index contributed by atoms with van der Waals surface area (Å²) in [4.78, 5) is 0. The molecule has 82 valence electrons. The predicted octanol–water partition coefficient (Wildman–Crippen LogP) is 4.19. The molecule has 0 radical (unpaired) electrons. The summed E-state index contributed by atoms with van der Waals surface area (Å²) < 4.78 is 13.6. The summed E-state index contributed by atoms with van der Waals surface area (Å²) in [5.41, 5.74) is 2.40. The summed E-state index contributed by atoms with van der Waals surface area (Å²) >= 11 is 5.70. The van der Waals surface area contributed by atoms with Crippen LogP contribution in [0.1, 0.15) is 0 Å². The average molecular weight is 236 g/mol. The molecule has 0 aliphatic carbocycles. The summed E-state index contributed by atoms with van der Waals surface area (Å²) in [5, 5.41) is 3.42. The Labute approximate surface area is 98.9 Å². The second-order valence-corrected chi connectivity index (χ2v) is 3.89. The highest BCUT2D eigenvalue weighted by molar-refractivity contribution is 6.30. The first-order valence-electron chi connectivity index (χ1n) is 4.94. The van der Waals surface area contributed by atoms with Crippen molar-refractivity contribution in [3.05, 3.63) is 53.3 Å². The van der Waals surface area contributed by atoms with E-state index in [2.05, 4.69) is 5.32 Å². The van der Waals surface area contributed by atoms with E-state index in [1.54, 1.807) is 12.1 Å². The van der Waals surface area contributed by atoms with Gasteiger partial charge >= 0.3 is 0 Å². The van der Waals surface area contributed by atoms with Crippen molar-refractivity contribution in [1.29, 1.82) is 0 Å². The third-order valence-corrected chi connectivity index (χ3v) is 2.65. The molecule has 1 nitrogen and oxygen atoms in total. The molecule has 0 aliphatic heterocycles. The molecule has 3 heteroatoms. The molecule has 2 aromatic carbocycles. The molecule has 0 amide bonds. The topological polar surface area (TPSA) is 12.0 Å². The molecule has 0 fully saturated rings. The van der Waals surface area contributed by atoms with Crippen LogP contribution in [0.4, 0.5) is 10.1 Å². The largest absolute Gasteiger partial charge is 0.388 e. The Morgan fingerprint density at radius 2 is 1.75 bits per heavy atom. The molecule has 0 saturated carbocycles. The fourth-order valence-corrected chi connectivity index (χ4v) is 1.70. The smallest absolute Gasteiger partial charge is 0.132 e. The van der Waals surface area contributed by atoms with Crippen molar-refractivity contribution >= 4 is 17.3 Å². The summed E-state index contributed by atoms with van der Waals surface area (Å²) in [6, 6.07) is 12.3. The van der Waals surface area contributed by atoms with Gasteiger partial charge < -0.3 is 5.32 Å². The van der Waals surface area contributed by atoms with Gasteiger partial charge in [-0.25, -0.2) is 4.39 Å². The van der Waals surface area contributed by atoms with Crippen LogP contribution in [0.15, 0.2) is 42.5 Å². The van der Waals surface area contributed by atoms with Crippen molar-refractivity contribution in [2.24, 2.45) is 0 Å². The first-order valence-corrected chi connectivity index (χ1v) is 5.32. The standard InChI is InChI=1S/C13H11ClFN/c1-16-11-5-2-9(3-6-11)12-7-4-10(14)8-13(12)15/h2-8,16H,1H3. The van der Waals surface area contributed by atoms with E-state index in [0.717, 1.165) is 11.3 Å². The Kier molecular flexibility index (Phi) is 3.11. The van der Waals surface area contributed by atoms with Crippen molar-refractivity contribution in [2.45, 2.75) is 0 Å². The van der Waals surface area contributed by atoms with Crippen LogP contribution in [-0.4, -0.2) is 7.05 Å². The van der Waals surface area contributed by atoms with Crippen molar-refractivity contribution in [3.63, 3.8) is 0 Å². The number of nitrogens with one attached hydrogen (secondary N) is 1. The van der Waals surface area contributed by atoms with Crippen LogP contribution < -0.4 is 5.32 Å². The van der Waals surface area contributed by atoms with Crippen molar-refractivity contribution in [2.75, 3.05) is 12.4 Å². The SMILES string of the molecule is CNc1ccc(-c2ccc(Cl)cc2F)cc1. The molecule has 2 rings (SSSR count). The zero-order valence-corrected chi connectivity index (χ0v) is 9.55. The highest BCUT2D eigenvalue weighted by atomic mass is 35.5. The van der Waals surface area contributed by atoms with Crippen molar-refractivity contribution in [1.82, 2.24) is 0 Å². The quantitative estimate of drug-likeness (QED) is 0.823. The van der Waals surface area contributed by atoms with E-state index >= 15 is 0 Å². The number of hydrogen-bond donors (Lipinski definition) is 1. The van der Waals surface area contributed by atoms with Gasteiger partial charge in [-0.3, -0.25) is 0 Å². The Morgan fingerprint density at radius 1 is 1.06 bits per heavy atom. The maximum absolute atomic E-state index is 13.6. The molecule has 0 heterocycles. The Morgan fingerprint density at radius 3 is 2.31 bits per heavy atom. The van der Waals surface area contributed by atoms with Gasteiger partial charge in [-0.1, -0.05) is 23.7 Å². The maximum Gasteiger partial charge on any atom is 0.132 e. The molecule has 0 aliphatic rings. The second-order valence-electron chi connectivity index (χ2n) is 3.45. The fraction of sp³-hybridized carbons (Fsp3) is 0.0769. The molecule has 2 aromatic rings. The molecule has 1 N–H and O–H groups in total. The van der Waals surface area contributed by atoms with Gasteiger partial charge in [-0.15, -0.1) is 0 Å². The van der Waals surface area contributed by atoms with E-state index in [0.29, 0.717) is 10.6 Å². The monoisotopic (exact) mass is 235 g/mol. The molecule has 0 saturated heterocycles. The Balaban J connectivity index is 2.42. The first kappa shape index (κ1) is 11.0. The zero-order chi connectivity index (χ0) is 11.5. The zero-order valence-electron chi connectivity index (χ0n) is 8.80. The van der Waals surface area contributed by atoms with Crippen LogP contribution in [0.2, 0.25) is 5.02 Å². The summed E-state index contributed by atoms with van der Waals surface area (Å²) in [6.45, 7) is 0. The first-order chi connectivity index (χ1) is 7.70. The lowest BCUT2D eigenvalue weighted by Gasteiger charge is -2.05. The Bertz CT molecular complexity index is 494. The summed E-state index contributed by atoms with van der Waals surface area (Å²) in [5.74, 6) is -0.301. The lowest BCUT2D eigenvalue weighted by molar-refractivity contribution is 0.631. The van der Waals surface area contributed by atoms with Gasteiger partial charge in [0.05, 0.1) is 0 Å². The lowest BCUT2D eigenvalue weighted by Crippen LogP contribution is -1.88. The fourth-order valence-electron chi connectivity index (χ4n) is 1.54. The predicted molar refractivity (Wildman–Crippen MR) is 66.4 cm³/mol. The number of hydrogen-bond acceptors (Lipinski definition) is 1. The van der Waals surface area contributed by atoms with Crippen molar-refractivity contribution in [3.8, 4) is 11.1 Å². The van der Waals surface area contributed by atoms with E-state index in [-0.39, 0.29) is 5.82 Å². The number of benzene rings is 2. The maximum atomic E-state index is 13.6. The van der Waals surface area contributed by atoms with Gasteiger partial charge in [0, 0.05) is 23.3 Å². The third-order valence-electron chi connectivity index (χ3n) is 2.42. The number of rotatable bonds is 2.